The van der Waals surface area contributed by atoms with Gasteiger partial charge >= 0.3 is 0 Å². The molecule has 0 fully saturated rings. The Morgan fingerprint density at radius 1 is 0.453 bits per heavy atom. The monoisotopic (exact) mass is 683 g/mol. The molecule has 11 heteroatoms. The van der Waals surface area contributed by atoms with Crippen molar-refractivity contribution in [3.05, 3.63) is 147 Å². The summed E-state index contributed by atoms with van der Waals surface area (Å²) in [7, 11) is 0. The molecule has 10 rings (SSSR count). The van der Waals surface area contributed by atoms with Gasteiger partial charge in [-0.05, 0) is 78.9 Å². The molecule has 8 aromatic heterocycles. The first-order valence-electron chi connectivity index (χ1n) is 16.9. The molecule has 0 spiro atoms. The Morgan fingerprint density at radius 2 is 1.28 bits per heavy atom. The fourth-order valence-corrected chi connectivity index (χ4v) is 6.85. The van der Waals surface area contributed by atoms with Crippen molar-refractivity contribution in [2.75, 3.05) is 0 Å². The number of aromatic amines is 1. The molecule has 0 saturated carbocycles. The molecule has 0 saturated heterocycles. The number of aromatic nitrogens is 11. The molecular weight excluding hydrogens is 659 g/mol. The Kier molecular flexibility index (Phi) is 7.17. The summed E-state index contributed by atoms with van der Waals surface area (Å²) >= 11 is 0. The van der Waals surface area contributed by atoms with Crippen LogP contribution in [0.15, 0.2) is 147 Å². The smallest absolute Gasteiger partial charge is 0.179 e. The van der Waals surface area contributed by atoms with Crippen LogP contribution in [0.5, 0.6) is 0 Å². The third-order valence-corrected chi connectivity index (χ3v) is 9.11. The van der Waals surface area contributed by atoms with Gasteiger partial charge in [-0.1, -0.05) is 24.3 Å². The third-order valence-electron chi connectivity index (χ3n) is 9.11. The molecule has 0 aliphatic carbocycles. The quantitative estimate of drug-likeness (QED) is 0.181. The molecule has 10 aromatic rings. The SMILES string of the molecule is c1ccc(-c2c(-c3cccnn3)cc3nc(-c4ncc5ccccc5n4)c(-c4ccc[nH]4)c(-c4ncccn4)c3c2-c2ccc3ncccc3n2)nc1. The second kappa shape index (κ2) is 12.6. The minimum absolute atomic E-state index is 0.457. The van der Waals surface area contributed by atoms with Gasteiger partial charge in [-0.15, -0.1) is 0 Å². The maximum absolute atomic E-state index is 5.45. The second-order valence-electron chi connectivity index (χ2n) is 12.2. The number of nitrogens with zero attached hydrogens (tertiary/aromatic N) is 10. The highest BCUT2D eigenvalue weighted by atomic mass is 15.1. The van der Waals surface area contributed by atoms with E-state index in [9.17, 15) is 0 Å². The van der Waals surface area contributed by atoms with Crippen LogP contribution >= 0.6 is 0 Å². The lowest BCUT2D eigenvalue weighted by atomic mass is 9.85. The first-order valence-corrected chi connectivity index (χ1v) is 16.9. The van der Waals surface area contributed by atoms with Gasteiger partial charge < -0.3 is 4.98 Å². The lowest BCUT2D eigenvalue weighted by molar-refractivity contribution is 1.04. The van der Waals surface area contributed by atoms with Crippen LogP contribution in [0.4, 0.5) is 0 Å². The molecule has 0 radical (unpaired) electrons. The Hall–Kier alpha value is -7.66. The molecular formula is C42H25N11. The highest BCUT2D eigenvalue weighted by molar-refractivity contribution is 6.17. The topological polar surface area (TPSA) is 145 Å². The first kappa shape index (κ1) is 30.2. The minimum atomic E-state index is 0.457. The van der Waals surface area contributed by atoms with Gasteiger partial charge in [0.15, 0.2) is 11.6 Å². The van der Waals surface area contributed by atoms with Crippen molar-refractivity contribution < 1.29 is 0 Å². The normalized spacial score (nSPS) is 11.4. The number of hydrogen-bond donors (Lipinski definition) is 1. The Bertz CT molecular complexity index is 2940. The number of para-hydroxylation sites is 1. The summed E-state index contributed by atoms with van der Waals surface area (Å²) in [5.74, 6) is 0.952. The van der Waals surface area contributed by atoms with E-state index in [1.807, 2.05) is 109 Å². The molecule has 53 heavy (non-hydrogen) atoms. The third kappa shape index (κ3) is 5.23. The van der Waals surface area contributed by atoms with Crippen LogP contribution < -0.4 is 0 Å². The second-order valence-corrected chi connectivity index (χ2v) is 12.2. The van der Waals surface area contributed by atoms with E-state index in [0.29, 0.717) is 34.2 Å². The van der Waals surface area contributed by atoms with Crippen LogP contribution in [0.25, 0.3) is 101 Å². The Labute approximate surface area is 301 Å². The lowest BCUT2D eigenvalue weighted by Gasteiger charge is -2.22. The van der Waals surface area contributed by atoms with Crippen molar-refractivity contribution >= 4 is 32.8 Å². The van der Waals surface area contributed by atoms with Gasteiger partial charge in [-0.25, -0.2) is 29.9 Å². The number of benzene rings is 2. The van der Waals surface area contributed by atoms with E-state index in [1.165, 1.54) is 0 Å². The number of nitrogens with one attached hydrogen (secondary N) is 1. The molecule has 2 aromatic carbocycles. The van der Waals surface area contributed by atoms with Gasteiger partial charge in [0.25, 0.3) is 0 Å². The zero-order valence-electron chi connectivity index (χ0n) is 27.8. The van der Waals surface area contributed by atoms with E-state index in [0.717, 1.165) is 66.5 Å². The number of hydrogen-bond acceptors (Lipinski definition) is 10. The Morgan fingerprint density at radius 3 is 2.13 bits per heavy atom. The zero-order chi connectivity index (χ0) is 35.1. The lowest BCUT2D eigenvalue weighted by Crippen LogP contribution is -2.05. The van der Waals surface area contributed by atoms with Gasteiger partial charge in [-0.3, -0.25) is 9.97 Å². The summed E-state index contributed by atoms with van der Waals surface area (Å²) in [4.78, 5) is 43.2. The van der Waals surface area contributed by atoms with Crippen molar-refractivity contribution in [1.29, 1.82) is 0 Å². The van der Waals surface area contributed by atoms with E-state index in [1.54, 1.807) is 37.1 Å². The van der Waals surface area contributed by atoms with Crippen LogP contribution in [0.3, 0.4) is 0 Å². The number of fused-ring (bicyclic) bond motifs is 3. The van der Waals surface area contributed by atoms with Gasteiger partial charge in [0.2, 0.25) is 0 Å². The van der Waals surface area contributed by atoms with Crippen LogP contribution in [-0.2, 0) is 0 Å². The molecule has 0 amide bonds. The van der Waals surface area contributed by atoms with Gasteiger partial charge in [0, 0.05) is 87.7 Å². The molecule has 0 aliphatic rings. The highest BCUT2D eigenvalue weighted by Gasteiger charge is 2.29. The largest absolute Gasteiger partial charge is 0.361 e. The van der Waals surface area contributed by atoms with Gasteiger partial charge in [0.05, 0.1) is 39.1 Å². The average molecular weight is 684 g/mol. The van der Waals surface area contributed by atoms with E-state index < -0.39 is 0 Å². The molecule has 8 heterocycles. The number of rotatable bonds is 6. The minimum Gasteiger partial charge on any atom is -0.361 e. The predicted octanol–water partition coefficient (Wildman–Crippen LogP) is 8.43. The van der Waals surface area contributed by atoms with Crippen LogP contribution in [0.2, 0.25) is 0 Å². The summed E-state index contributed by atoms with van der Waals surface area (Å²) in [6.45, 7) is 0. The van der Waals surface area contributed by atoms with Gasteiger partial charge in [-0.2, -0.15) is 10.2 Å². The van der Waals surface area contributed by atoms with E-state index >= 15 is 0 Å². The van der Waals surface area contributed by atoms with Crippen molar-refractivity contribution in [2.24, 2.45) is 0 Å². The zero-order valence-corrected chi connectivity index (χ0v) is 27.8. The van der Waals surface area contributed by atoms with Crippen LogP contribution in [0.1, 0.15) is 0 Å². The Balaban J connectivity index is 1.46. The molecule has 0 unspecified atom stereocenters. The fraction of sp³-hybridized carbons (Fsp3) is 0. The van der Waals surface area contributed by atoms with E-state index in [2.05, 4.69) is 20.2 Å². The number of H-pyrrole nitrogens is 1. The van der Waals surface area contributed by atoms with Gasteiger partial charge in [0.1, 0.15) is 5.69 Å². The fourth-order valence-electron chi connectivity index (χ4n) is 6.85. The summed E-state index contributed by atoms with van der Waals surface area (Å²) < 4.78 is 0. The van der Waals surface area contributed by atoms with Crippen molar-refractivity contribution in [1.82, 2.24) is 55.1 Å². The maximum atomic E-state index is 5.45. The summed E-state index contributed by atoms with van der Waals surface area (Å²) in [5.41, 5.74) is 10.2. The van der Waals surface area contributed by atoms with Crippen LogP contribution in [0, 0.1) is 0 Å². The highest BCUT2D eigenvalue weighted by Crippen LogP contribution is 2.49. The van der Waals surface area contributed by atoms with Crippen molar-refractivity contribution in [3.63, 3.8) is 0 Å². The maximum Gasteiger partial charge on any atom is 0.179 e. The molecule has 0 atom stereocenters. The number of pyridine rings is 4. The summed E-state index contributed by atoms with van der Waals surface area (Å²) in [6.07, 6.45) is 12.4. The van der Waals surface area contributed by atoms with Crippen LogP contribution in [-0.4, -0.2) is 55.1 Å². The molecule has 0 aliphatic heterocycles. The molecule has 11 nitrogen and oxygen atoms in total. The molecule has 0 bridgehead atoms. The first-order chi connectivity index (χ1) is 26.3. The van der Waals surface area contributed by atoms with E-state index in [4.69, 9.17) is 34.9 Å². The van der Waals surface area contributed by atoms with E-state index in [-0.39, 0.29) is 0 Å². The average Bonchev–Trinajstić information content (AvgIpc) is 3.78. The molecule has 248 valence electrons. The summed E-state index contributed by atoms with van der Waals surface area (Å²) in [5, 5.41) is 10.6. The van der Waals surface area contributed by atoms with Crippen molar-refractivity contribution in [3.8, 4) is 67.9 Å². The summed E-state index contributed by atoms with van der Waals surface area (Å²) in [6, 6.07) is 33.2. The van der Waals surface area contributed by atoms with Crippen molar-refractivity contribution in [2.45, 2.75) is 0 Å². The molecule has 1 N–H and O–H groups in total. The predicted molar refractivity (Wildman–Crippen MR) is 204 cm³/mol. The standard InChI is InChI=1S/C42H25N11/c1-2-10-27-25(9-1)24-48-42(52-27)40-38(32-14-6-19-45-32)39(41-46-20-8-21-47-41)37-34(51-40)23-26(28-12-7-22-49-53-28)35(31-11-3-4-17-44-31)36(37)33-16-15-29-30(50-33)13-5-18-43-29/h1-24,45H.